The Kier molecular flexibility index (Phi) is 6.51. The molecule has 10 nitrogen and oxygen atoms in total. The maximum atomic E-state index is 12.7. The van der Waals surface area contributed by atoms with Gasteiger partial charge in [-0.1, -0.05) is 6.07 Å². The van der Waals surface area contributed by atoms with E-state index < -0.39 is 28.0 Å². The van der Waals surface area contributed by atoms with Crippen molar-refractivity contribution < 1.29 is 22.7 Å². The van der Waals surface area contributed by atoms with Crippen LogP contribution in [0, 0.1) is 0 Å². The number of anilines is 1. The summed E-state index contributed by atoms with van der Waals surface area (Å²) < 4.78 is 31.7. The maximum absolute atomic E-state index is 12.7. The second-order valence-electron chi connectivity index (χ2n) is 7.52. The summed E-state index contributed by atoms with van der Waals surface area (Å²) in [6, 6.07) is 9.99. The van der Waals surface area contributed by atoms with Gasteiger partial charge in [-0.2, -0.15) is 4.31 Å². The second kappa shape index (κ2) is 8.97. The van der Waals surface area contributed by atoms with Gasteiger partial charge in [-0.15, -0.1) is 0 Å². The number of benzene rings is 2. The Hall–Kier alpha value is -3.44. The van der Waals surface area contributed by atoms with Gasteiger partial charge in [-0.05, 0) is 57.2 Å². The van der Waals surface area contributed by atoms with Crippen molar-refractivity contribution in [2.75, 3.05) is 12.4 Å². The number of rotatable bonds is 7. The Morgan fingerprint density at radius 1 is 1.03 bits per heavy atom. The van der Waals surface area contributed by atoms with Crippen molar-refractivity contribution >= 4 is 38.6 Å². The van der Waals surface area contributed by atoms with Crippen molar-refractivity contribution in [3.8, 4) is 0 Å². The number of hydrogen-bond donors (Lipinski definition) is 3. The molecule has 0 aliphatic rings. The van der Waals surface area contributed by atoms with Crippen LogP contribution in [0.4, 0.5) is 5.69 Å². The molecule has 3 aromatic rings. The fraction of sp³-hybridized carbons (Fsp3) is 0.286. The van der Waals surface area contributed by atoms with Crippen LogP contribution in [-0.4, -0.2) is 53.8 Å². The molecule has 0 radical (unpaired) electrons. The van der Waals surface area contributed by atoms with Crippen LogP contribution in [0.2, 0.25) is 0 Å². The highest BCUT2D eigenvalue weighted by Gasteiger charge is 2.25. The number of hydrogen-bond acceptors (Lipinski definition) is 6. The highest BCUT2D eigenvalue weighted by molar-refractivity contribution is 7.89. The standard InChI is InChI=1S/C21H24N4O6S/c1-12(2)25(4)32(29,30)16-7-5-6-14(10-16)20(27)31-13(3)19(26)22-15-8-9-17-18(11-15)24-21(28)23-17/h5-13H,1-4H3,(H,22,26)(H2,23,24,28)/t13-/m0/s1. The molecule has 1 heterocycles. The summed E-state index contributed by atoms with van der Waals surface area (Å²) in [6.07, 6.45) is -1.15. The smallest absolute Gasteiger partial charge is 0.338 e. The van der Waals surface area contributed by atoms with Crippen LogP contribution >= 0.6 is 0 Å². The van der Waals surface area contributed by atoms with E-state index in [1.165, 1.54) is 42.5 Å². The molecular weight excluding hydrogens is 436 g/mol. The minimum atomic E-state index is -3.78. The summed E-state index contributed by atoms with van der Waals surface area (Å²) >= 11 is 0. The zero-order chi connectivity index (χ0) is 23.6. The van der Waals surface area contributed by atoms with Gasteiger partial charge in [0.15, 0.2) is 6.10 Å². The fourth-order valence-corrected chi connectivity index (χ4v) is 4.28. The number of aromatic nitrogens is 2. The van der Waals surface area contributed by atoms with Crippen molar-refractivity contribution in [3.05, 3.63) is 58.5 Å². The van der Waals surface area contributed by atoms with Crippen LogP contribution < -0.4 is 11.0 Å². The lowest BCUT2D eigenvalue weighted by Crippen LogP contribution is -2.33. The van der Waals surface area contributed by atoms with Crippen LogP contribution in [0.15, 0.2) is 52.2 Å². The van der Waals surface area contributed by atoms with Crippen molar-refractivity contribution in [1.29, 1.82) is 0 Å². The normalized spacial score (nSPS) is 12.8. The van der Waals surface area contributed by atoms with Gasteiger partial charge in [-0.25, -0.2) is 18.0 Å². The number of H-pyrrole nitrogens is 2. The van der Waals surface area contributed by atoms with E-state index in [2.05, 4.69) is 15.3 Å². The molecule has 2 aromatic carbocycles. The van der Waals surface area contributed by atoms with Crippen molar-refractivity contribution in [2.24, 2.45) is 0 Å². The lowest BCUT2D eigenvalue weighted by atomic mass is 10.2. The van der Waals surface area contributed by atoms with E-state index in [1.807, 2.05) is 0 Å². The Bertz CT molecular complexity index is 1330. The third kappa shape index (κ3) is 4.89. The molecule has 1 atom stereocenters. The first-order valence-electron chi connectivity index (χ1n) is 9.81. The first-order valence-corrected chi connectivity index (χ1v) is 11.2. The van der Waals surface area contributed by atoms with Crippen LogP contribution in [-0.2, 0) is 19.6 Å². The molecule has 32 heavy (non-hydrogen) atoms. The molecule has 1 aromatic heterocycles. The molecule has 3 rings (SSSR count). The van der Waals surface area contributed by atoms with Gasteiger partial charge in [0.25, 0.3) is 5.91 Å². The topological polar surface area (TPSA) is 141 Å². The SMILES string of the molecule is CC(C)N(C)S(=O)(=O)c1cccc(C(=O)O[C@@H](C)C(=O)Nc2ccc3[nH]c(=O)[nH]c3c2)c1. The number of nitrogens with zero attached hydrogens (tertiary/aromatic N) is 1. The molecule has 0 spiro atoms. The number of fused-ring (bicyclic) bond motifs is 1. The van der Waals surface area contributed by atoms with Gasteiger partial charge in [0.05, 0.1) is 21.5 Å². The van der Waals surface area contributed by atoms with E-state index in [9.17, 15) is 22.8 Å². The van der Waals surface area contributed by atoms with E-state index in [1.54, 1.807) is 32.0 Å². The highest BCUT2D eigenvalue weighted by atomic mass is 32.2. The van der Waals surface area contributed by atoms with E-state index in [4.69, 9.17) is 4.74 Å². The van der Waals surface area contributed by atoms with Crippen LogP contribution in [0.25, 0.3) is 11.0 Å². The molecule has 1 amide bonds. The van der Waals surface area contributed by atoms with Gasteiger partial charge in [0.2, 0.25) is 10.0 Å². The first kappa shape index (κ1) is 23.2. The number of sulfonamides is 1. The molecule has 0 bridgehead atoms. The second-order valence-corrected chi connectivity index (χ2v) is 9.52. The maximum Gasteiger partial charge on any atom is 0.338 e. The number of aromatic amines is 2. The monoisotopic (exact) mass is 460 g/mol. The number of imidazole rings is 1. The van der Waals surface area contributed by atoms with Gasteiger partial charge in [0.1, 0.15) is 0 Å². The summed E-state index contributed by atoms with van der Waals surface area (Å²) in [5.74, 6) is -1.42. The zero-order valence-electron chi connectivity index (χ0n) is 18.0. The molecular formula is C21H24N4O6S. The molecule has 170 valence electrons. The Morgan fingerprint density at radius 2 is 1.72 bits per heavy atom. The van der Waals surface area contributed by atoms with E-state index in [0.29, 0.717) is 16.7 Å². The number of amides is 1. The van der Waals surface area contributed by atoms with Crippen LogP contribution in [0.5, 0.6) is 0 Å². The van der Waals surface area contributed by atoms with Crippen molar-refractivity contribution in [3.63, 3.8) is 0 Å². The summed E-state index contributed by atoms with van der Waals surface area (Å²) in [7, 11) is -2.32. The molecule has 11 heteroatoms. The number of esters is 1. The van der Waals surface area contributed by atoms with Crippen molar-refractivity contribution in [1.82, 2.24) is 14.3 Å². The number of ether oxygens (including phenoxy) is 1. The average Bonchev–Trinajstić information content (AvgIpc) is 3.12. The number of nitrogens with one attached hydrogen (secondary N) is 3. The first-order chi connectivity index (χ1) is 15.0. The predicted octanol–water partition coefficient (Wildman–Crippen LogP) is 2.07. The molecule has 0 saturated carbocycles. The summed E-state index contributed by atoms with van der Waals surface area (Å²) in [5.41, 5.74) is 1.15. The Labute approximate surface area is 184 Å². The van der Waals surface area contributed by atoms with E-state index in [0.717, 1.165) is 0 Å². The fourth-order valence-electron chi connectivity index (χ4n) is 2.86. The lowest BCUT2D eigenvalue weighted by Gasteiger charge is -2.21. The molecule has 0 saturated heterocycles. The van der Waals surface area contributed by atoms with Crippen molar-refractivity contribution in [2.45, 2.75) is 37.8 Å². The molecule has 0 fully saturated rings. The summed E-state index contributed by atoms with van der Waals surface area (Å²) in [6.45, 7) is 4.87. The number of carbonyl (C=O) groups is 2. The quantitative estimate of drug-likeness (QED) is 0.461. The molecule has 3 N–H and O–H groups in total. The molecule has 0 aliphatic heterocycles. The minimum Gasteiger partial charge on any atom is -0.449 e. The Balaban J connectivity index is 1.70. The highest BCUT2D eigenvalue weighted by Crippen LogP contribution is 2.19. The van der Waals surface area contributed by atoms with Gasteiger partial charge in [-0.3, -0.25) is 4.79 Å². The molecule has 0 unspecified atom stereocenters. The Morgan fingerprint density at radius 3 is 2.41 bits per heavy atom. The summed E-state index contributed by atoms with van der Waals surface area (Å²) in [4.78, 5) is 41.4. The largest absolute Gasteiger partial charge is 0.449 e. The van der Waals surface area contributed by atoms with Gasteiger partial charge in [0, 0.05) is 18.8 Å². The molecule has 0 aliphatic carbocycles. The summed E-state index contributed by atoms with van der Waals surface area (Å²) in [5, 5.41) is 2.61. The lowest BCUT2D eigenvalue weighted by molar-refractivity contribution is -0.123. The minimum absolute atomic E-state index is 0.00852. The van der Waals surface area contributed by atoms with Crippen LogP contribution in [0.1, 0.15) is 31.1 Å². The van der Waals surface area contributed by atoms with E-state index in [-0.39, 0.29) is 22.2 Å². The van der Waals surface area contributed by atoms with E-state index >= 15 is 0 Å². The predicted molar refractivity (Wildman–Crippen MR) is 119 cm³/mol. The number of carbonyl (C=O) groups excluding carboxylic acids is 2. The third-order valence-corrected chi connectivity index (χ3v) is 6.94. The van der Waals surface area contributed by atoms with Crippen LogP contribution in [0.3, 0.4) is 0 Å². The van der Waals surface area contributed by atoms with Gasteiger partial charge >= 0.3 is 11.7 Å². The van der Waals surface area contributed by atoms with Gasteiger partial charge < -0.3 is 20.0 Å². The third-order valence-electron chi connectivity index (χ3n) is 4.91. The zero-order valence-corrected chi connectivity index (χ0v) is 18.8. The average molecular weight is 461 g/mol.